The molecule has 0 aromatic carbocycles. The molecule has 0 bridgehead atoms. The highest BCUT2D eigenvalue weighted by molar-refractivity contribution is 5.31. The smallest absolute Gasteiger partial charge is 0.105 e. The molecule has 0 saturated heterocycles. The predicted molar refractivity (Wildman–Crippen MR) is 72.4 cm³/mol. The fourth-order valence-electron chi connectivity index (χ4n) is 1.97. The van der Waals surface area contributed by atoms with E-state index in [4.69, 9.17) is 4.42 Å². The number of rotatable bonds is 6. The fourth-order valence-corrected chi connectivity index (χ4v) is 1.97. The van der Waals surface area contributed by atoms with E-state index in [0.717, 1.165) is 31.2 Å². The lowest BCUT2D eigenvalue weighted by Gasteiger charge is -2.18. The van der Waals surface area contributed by atoms with Gasteiger partial charge in [-0.15, -0.1) is 0 Å². The second-order valence-electron chi connectivity index (χ2n) is 5.16. The second kappa shape index (κ2) is 6.22. The van der Waals surface area contributed by atoms with Gasteiger partial charge >= 0.3 is 0 Å². The van der Waals surface area contributed by atoms with Crippen molar-refractivity contribution in [2.24, 2.45) is 0 Å². The molecule has 1 N–H and O–H groups in total. The van der Waals surface area contributed by atoms with Crippen molar-refractivity contribution >= 4 is 0 Å². The van der Waals surface area contributed by atoms with Gasteiger partial charge in [-0.3, -0.25) is 0 Å². The third kappa shape index (κ3) is 4.17. The van der Waals surface area contributed by atoms with Crippen molar-refractivity contribution in [1.82, 2.24) is 10.2 Å². The van der Waals surface area contributed by atoms with Crippen molar-refractivity contribution in [3.63, 3.8) is 0 Å². The van der Waals surface area contributed by atoms with Gasteiger partial charge in [-0.25, -0.2) is 0 Å². The minimum atomic E-state index is 0.558. The zero-order valence-corrected chi connectivity index (χ0v) is 12.1. The van der Waals surface area contributed by atoms with E-state index in [9.17, 15) is 0 Å². The van der Waals surface area contributed by atoms with Gasteiger partial charge in [-0.1, -0.05) is 13.8 Å². The van der Waals surface area contributed by atoms with Crippen LogP contribution >= 0.6 is 0 Å². The molecule has 1 aromatic heterocycles. The molecular formula is C14H26N2O. The van der Waals surface area contributed by atoms with Gasteiger partial charge in [0, 0.05) is 31.2 Å². The molecule has 0 amide bonds. The lowest BCUT2D eigenvalue weighted by molar-refractivity contribution is 0.317. The minimum Gasteiger partial charge on any atom is -0.466 e. The van der Waals surface area contributed by atoms with Crippen LogP contribution in [0.5, 0.6) is 0 Å². The van der Waals surface area contributed by atoms with Crippen molar-refractivity contribution in [3.05, 3.63) is 22.6 Å². The van der Waals surface area contributed by atoms with Crippen LogP contribution in [0.3, 0.4) is 0 Å². The van der Waals surface area contributed by atoms with Crippen molar-refractivity contribution in [1.29, 1.82) is 0 Å². The Morgan fingerprint density at radius 2 is 1.82 bits per heavy atom. The van der Waals surface area contributed by atoms with Gasteiger partial charge in [0.2, 0.25) is 0 Å². The number of hydrogen-bond donors (Lipinski definition) is 1. The molecule has 0 fully saturated rings. The largest absolute Gasteiger partial charge is 0.466 e. The second-order valence-corrected chi connectivity index (χ2v) is 5.16. The summed E-state index contributed by atoms with van der Waals surface area (Å²) in [5, 5.41) is 3.43. The molecule has 1 aromatic rings. The summed E-state index contributed by atoms with van der Waals surface area (Å²) in [5.41, 5.74) is 2.64. The molecule has 98 valence electrons. The molecule has 0 aliphatic rings. The molecule has 0 aliphatic carbocycles. The third-order valence-corrected chi connectivity index (χ3v) is 3.19. The van der Waals surface area contributed by atoms with E-state index in [1.807, 2.05) is 6.92 Å². The Labute approximate surface area is 105 Å². The Morgan fingerprint density at radius 3 is 2.29 bits per heavy atom. The van der Waals surface area contributed by atoms with Crippen molar-refractivity contribution in [3.8, 4) is 0 Å². The summed E-state index contributed by atoms with van der Waals surface area (Å²) >= 11 is 0. The van der Waals surface area contributed by atoms with E-state index in [0.29, 0.717) is 6.04 Å². The molecule has 0 unspecified atom stereocenters. The average molecular weight is 238 g/mol. The molecule has 0 atom stereocenters. The van der Waals surface area contributed by atoms with E-state index in [1.54, 1.807) is 0 Å². The van der Waals surface area contributed by atoms with Crippen LogP contribution in [0, 0.1) is 20.8 Å². The third-order valence-electron chi connectivity index (χ3n) is 3.19. The predicted octanol–water partition coefficient (Wildman–Crippen LogP) is 2.63. The van der Waals surface area contributed by atoms with Gasteiger partial charge in [0.15, 0.2) is 0 Å². The quantitative estimate of drug-likeness (QED) is 0.826. The number of aryl methyl sites for hydroxylation is 2. The first-order chi connectivity index (χ1) is 7.91. The molecule has 1 heterocycles. The summed E-state index contributed by atoms with van der Waals surface area (Å²) in [6.45, 7) is 13.6. The molecule has 3 heteroatoms. The number of likely N-dealkylation sites (N-methyl/N-ethyl adjacent to an activating group) is 1. The van der Waals surface area contributed by atoms with E-state index in [-0.39, 0.29) is 0 Å². The van der Waals surface area contributed by atoms with Crippen LogP contribution in [0.2, 0.25) is 0 Å². The molecular weight excluding hydrogens is 212 g/mol. The summed E-state index contributed by atoms with van der Waals surface area (Å²) in [4.78, 5) is 2.33. The Hall–Kier alpha value is -0.800. The van der Waals surface area contributed by atoms with E-state index in [2.05, 4.69) is 45.0 Å². The Bertz CT molecular complexity index is 355. The molecule has 0 aliphatic heterocycles. The van der Waals surface area contributed by atoms with Gasteiger partial charge in [-0.2, -0.15) is 0 Å². The number of nitrogens with zero attached hydrogens (tertiary/aromatic N) is 1. The van der Waals surface area contributed by atoms with Crippen molar-refractivity contribution in [2.75, 3.05) is 20.1 Å². The molecule has 3 nitrogen and oxygen atoms in total. The maximum Gasteiger partial charge on any atom is 0.105 e. The Kier molecular flexibility index (Phi) is 5.22. The van der Waals surface area contributed by atoms with Gasteiger partial charge in [0.25, 0.3) is 0 Å². The SMILES string of the molecule is Cc1oc(C)c(CN(C)CCNC(C)C)c1C. The maximum atomic E-state index is 5.65. The number of nitrogens with one attached hydrogen (secondary N) is 1. The highest BCUT2D eigenvalue weighted by Gasteiger charge is 2.12. The molecule has 1 rings (SSSR count). The van der Waals surface area contributed by atoms with Crippen molar-refractivity contribution in [2.45, 2.75) is 47.2 Å². The highest BCUT2D eigenvalue weighted by Crippen LogP contribution is 2.21. The van der Waals surface area contributed by atoms with Gasteiger partial charge < -0.3 is 14.6 Å². The van der Waals surface area contributed by atoms with Crippen LogP contribution in [0.1, 0.15) is 36.5 Å². The van der Waals surface area contributed by atoms with Crippen LogP contribution in [0.25, 0.3) is 0 Å². The number of hydrogen-bond acceptors (Lipinski definition) is 3. The topological polar surface area (TPSA) is 28.4 Å². The molecule has 0 radical (unpaired) electrons. The lowest BCUT2D eigenvalue weighted by Crippen LogP contribution is -2.32. The Balaban J connectivity index is 2.47. The van der Waals surface area contributed by atoms with Crippen LogP contribution < -0.4 is 5.32 Å². The first-order valence-electron chi connectivity index (χ1n) is 6.39. The summed E-state index contributed by atoms with van der Waals surface area (Å²) in [6.07, 6.45) is 0. The standard InChI is InChI=1S/C14H26N2O/c1-10(2)15-7-8-16(6)9-14-11(3)12(4)17-13(14)5/h10,15H,7-9H2,1-6H3. The summed E-state index contributed by atoms with van der Waals surface area (Å²) in [6, 6.07) is 0.558. The summed E-state index contributed by atoms with van der Waals surface area (Å²) < 4.78 is 5.65. The normalized spacial score (nSPS) is 11.8. The van der Waals surface area contributed by atoms with Crippen LogP contribution in [-0.4, -0.2) is 31.1 Å². The first kappa shape index (κ1) is 14.3. The zero-order valence-electron chi connectivity index (χ0n) is 12.1. The average Bonchev–Trinajstić information content (AvgIpc) is 2.44. The Morgan fingerprint density at radius 1 is 1.18 bits per heavy atom. The van der Waals surface area contributed by atoms with Gasteiger partial charge in [-0.05, 0) is 33.4 Å². The fraction of sp³-hybridized carbons (Fsp3) is 0.714. The summed E-state index contributed by atoms with van der Waals surface area (Å²) in [5.74, 6) is 2.11. The van der Waals surface area contributed by atoms with E-state index < -0.39 is 0 Å². The lowest BCUT2D eigenvalue weighted by atomic mass is 10.1. The van der Waals surface area contributed by atoms with Gasteiger partial charge in [0.1, 0.15) is 11.5 Å². The first-order valence-corrected chi connectivity index (χ1v) is 6.39. The van der Waals surface area contributed by atoms with Crippen LogP contribution in [-0.2, 0) is 6.54 Å². The monoisotopic (exact) mass is 238 g/mol. The van der Waals surface area contributed by atoms with Crippen LogP contribution in [0.15, 0.2) is 4.42 Å². The van der Waals surface area contributed by atoms with Crippen molar-refractivity contribution < 1.29 is 4.42 Å². The summed E-state index contributed by atoms with van der Waals surface area (Å²) in [7, 11) is 2.16. The molecule has 0 spiro atoms. The van der Waals surface area contributed by atoms with Gasteiger partial charge in [0.05, 0.1) is 0 Å². The highest BCUT2D eigenvalue weighted by atomic mass is 16.3. The minimum absolute atomic E-state index is 0.558. The molecule has 17 heavy (non-hydrogen) atoms. The van der Waals surface area contributed by atoms with Crippen LogP contribution in [0.4, 0.5) is 0 Å². The zero-order chi connectivity index (χ0) is 13.0. The maximum absolute atomic E-state index is 5.65. The number of furan rings is 1. The van der Waals surface area contributed by atoms with E-state index in [1.165, 1.54) is 11.1 Å². The van der Waals surface area contributed by atoms with E-state index >= 15 is 0 Å². The molecule has 0 saturated carbocycles.